The van der Waals surface area contributed by atoms with Gasteiger partial charge in [0.25, 0.3) is 11.1 Å². The van der Waals surface area contributed by atoms with Crippen molar-refractivity contribution in [3.63, 3.8) is 0 Å². The topological polar surface area (TPSA) is 131 Å². The molecule has 0 spiro atoms. The molecule has 0 fully saturated rings. The number of nitrogens with one attached hydrogen (secondary N) is 1. The van der Waals surface area contributed by atoms with Crippen LogP contribution < -0.4 is 14.8 Å². The number of sulfone groups is 1. The minimum atomic E-state index is -3.60. The van der Waals surface area contributed by atoms with E-state index in [2.05, 4.69) is 14.7 Å². The molecule has 1 aromatic heterocycles. The molecule has 9 nitrogen and oxygen atoms in total. The third kappa shape index (κ3) is 6.65. The summed E-state index contributed by atoms with van der Waals surface area (Å²) in [5.41, 5.74) is 1.36. The number of nitrogens with zero attached hydrogens (tertiary/aromatic N) is 3. The first kappa shape index (κ1) is 25.9. The highest BCUT2D eigenvalue weighted by atomic mass is 32.2. The standard InChI is InChI=1S/C24H24N4O5S2/c1-4-32-21-14-17(11-12-20(21)33-16(3)18-9-7-6-8-10-18)13-19(15-25)22(29)26-23-27-24(28-34-23)35(30,31)5-2/h6-14,16H,4-5H2,1-3H3,(H,26,27,28,29)/b19-13-. The van der Waals surface area contributed by atoms with Crippen molar-refractivity contribution < 1.29 is 22.7 Å². The van der Waals surface area contributed by atoms with Gasteiger partial charge >= 0.3 is 0 Å². The van der Waals surface area contributed by atoms with Gasteiger partial charge in [-0.25, -0.2) is 8.42 Å². The first-order valence-electron chi connectivity index (χ1n) is 10.8. The molecular formula is C24H24N4O5S2. The molecule has 1 N–H and O–H groups in total. The van der Waals surface area contributed by atoms with Crippen LogP contribution in [0.4, 0.5) is 5.13 Å². The zero-order chi connectivity index (χ0) is 25.4. The quantitative estimate of drug-likeness (QED) is 0.312. The van der Waals surface area contributed by atoms with Crippen LogP contribution in [0.1, 0.15) is 38.0 Å². The Bertz CT molecular complexity index is 1360. The average Bonchev–Trinajstić information content (AvgIpc) is 3.34. The molecular weight excluding hydrogens is 488 g/mol. The first-order valence-corrected chi connectivity index (χ1v) is 13.2. The molecule has 0 aliphatic carbocycles. The molecule has 11 heteroatoms. The highest BCUT2D eigenvalue weighted by Crippen LogP contribution is 2.33. The average molecular weight is 513 g/mol. The van der Waals surface area contributed by atoms with Crippen LogP contribution in [0.5, 0.6) is 11.5 Å². The van der Waals surface area contributed by atoms with Gasteiger partial charge in [0.05, 0.1) is 12.4 Å². The van der Waals surface area contributed by atoms with E-state index in [1.807, 2.05) is 50.2 Å². The maximum absolute atomic E-state index is 12.6. The Hall–Kier alpha value is -3.75. The van der Waals surface area contributed by atoms with Crippen molar-refractivity contribution >= 4 is 38.5 Å². The predicted molar refractivity (Wildman–Crippen MR) is 133 cm³/mol. The number of anilines is 1. The van der Waals surface area contributed by atoms with Gasteiger partial charge in [0.2, 0.25) is 15.0 Å². The Morgan fingerprint density at radius 1 is 1.20 bits per heavy atom. The molecule has 0 radical (unpaired) electrons. The summed E-state index contributed by atoms with van der Waals surface area (Å²) in [7, 11) is -3.60. The molecule has 35 heavy (non-hydrogen) atoms. The van der Waals surface area contributed by atoms with E-state index in [1.165, 1.54) is 13.0 Å². The van der Waals surface area contributed by atoms with Crippen LogP contribution in [0.25, 0.3) is 6.08 Å². The van der Waals surface area contributed by atoms with Crippen LogP contribution in [-0.4, -0.2) is 36.0 Å². The molecule has 182 valence electrons. The van der Waals surface area contributed by atoms with Gasteiger partial charge in [-0.1, -0.05) is 43.3 Å². The Labute approximate surface area is 208 Å². The zero-order valence-corrected chi connectivity index (χ0v) is 21.0. The van der Waals surface area contributed by atoms with Crippen molar-refractivity contribution in [1.82, 2.24) is 9.36 Å². The SMILES string of the molecule is CCOc1cc(/C=C(/C#N)C(=O)Nc2nc(S(=O)(=O)CC)ns2)ccc1OC(C)c1ccccc1. The summed E-state index contributed by atoms with van der Waals surface area (Å²) in [5, 5.41) is 11.6. The number of aromatic nitrogens is 2. The lowest BCUT2D eigenvalue weighted by Gasteiger charge is -2.18. The Morgan fingerprint density at radius 2 is 1.94 bits per heavy atom. The number of hydrogen-bond acceptors (Lipinski definition) is 9. The number of carbonyl (C=O) groups is 1. The third-order valence-corrected chi connectivity index (χ3v) is 7.05. The molecule has 1 amide bonds. The number of nitriles is 1. The molecule has 0 aliphatic heterocycles. The van der Waals surface area contributed by atoms with Crippen molar-refractivity contribution in [3.8, 4) is 17.6 Å². The number of amides is 1. The maximum atomic E-state index is 12.6. The number of hydrogen-bond donors (Lipinski definition) is 1. The summed E-state index contributed by atoms with van der Waals surface area (Å²) >= 11 is 0.724. The van der Waals surface area contributed by atoms with Crippen LogP contribution in [0.2, 0.25) is 0 Å². The van der Waals surface area contributed by atoms with Gasteiger partial charge in [-0.2, -0.15) is 14.6 Å². The molecule has 0 bridgehead atoms. The van der Waals surface area contributed by atoms with E-state index >= 15 is 0 Å². The van der Waals surface area contributed by atoms with Gasteiger partial charge in [0, 0.05) is 11.5 Å². The van der Waals surface area contributed by atoms with E-state index in [4.69, 9.17) is 9.47 Å². The highest BCUT2D eigenvalue weighted by molar-refractivity contribution is 7.91. The van der Waals surface area contributed by atoms with E-state index in [-0.39, 0.29) is 27.7 Å². The minimum absolute atomic E-state index is 0.0168. The van der Waals surface area contributed by atoms with Gasteiger partial charge in [0.1, 0.15) is 17.7 Å². The molecule has 0 saturated carbocycles. The van der Waals surface area contributed by atoms with Gasteiger partial charge in [0.15, 0.2) is 11.5 Å². The van der Waals surface area contributed by atoms with Crippen LogP contribution in [0.15, 0.2) is 59.3 Å². The fourth-order valence-electron chi connectivity index (χ4n) is 2.96. The van der Waals surface area contributed by atoms with E-state index < -0.39 is 15.7 Å². The Balaban J connectivity index is 1.80. The number of ether oxygens (including phenoxy) is 2. The molecule has 1 atom stereocenters. The second-order valence-corrected chi connectivity index (χ2v) is 10.1. The molecule has 1 unspecified atom stereocenters. The second-order valence-electron chi connectivity index (χ2n) is 7.22. The lowest BCUT2D eigenvalue weighted by molar-refractivity contribution is -0.112. The number of carbonyl (C=O) groups excluding carboxylic acids is 1. The normalized spacial score (nSPS) is 12.5. The van der Waals surface area contributed by atoms with E-state index in [1.54, 1.807) is 18.2 Å². The fourth-order valence-corrected chi connectivity index (χ4v) is 4.54. The zero-order valence-electron chi connectivity index (χ0n) is 19.4. The first-order chi connectivity index (χ1) is 16.8. The van der Waals surface area contributed by atoms with Crippen LogP contribution >= 0.6 is 11.5 Å². The summed E-state index contributed by atoms with van der Waals surface area (Å²) in [6, 6.07) is 16.7. The smallest absolute Gasteiger partial charge is 0.268 e. The molecule has 0 aliphatic rings. The highest BCUT2D eigenvalue weighted by Gasteiger charge is 2.20. The van der Waals surface area contributed by atoms with Crippen LogP contribution in [-0.2, 0) is 14.6 Å². The molecule has 2 aromatic carbocycles. The Kier molecular flexibility index (Phi) is 8.57. The van der Waals surface area contributed by atoms with Crippen LogP contribution in [0, 0.1) is 11.3 Å². The summed E-state index contributed by atoms with van der Waals surface area (Å²) in [6.07, 6.45) is 1.18. The summed E-state index contributed by atoms with van der Waals surface area (Å²) in [6.45, 7) is 5.65. The fraction of sp³-hybridized carbons (Fsp3) is 0.250. The molecule has 1 heterocycles. The third-order valence-electron chi connectivity index (χ3n) is 4.80. The monoisotopic (exact) mass is 512 g/mol. The van der Waals surface area contributed by atoms with Crippen molar-refractivity contribution in [2.24, 2.45) is 0 Å². The van der Waals surface area contributed by atoms with Crippen molar-refractivity contribution in [2.75, 3.05) is 17.7 Å². The minimum Gasteiger partial charge on any atom is -0.490 e. The van der Waals surface area contributed by atoms with Gasteiger partial charge in [-0.15, -0.1) is 0 Å². The number of rotatable bonds is 10. The summed E-state index contributed by atoms with van der Waals surface area (Å²) in [5.74, 6) is 0.106. The maximum Gasteiger partial charge on any atom is 0.268 e. The molecule has 0 saturated heterocycles. The van der Waals surface area contributed by atoms with E-state index in [9.17, 15) is 18.5 Å². The Morgan fingerprint density at radius 3 is 2.60 bits per heavy atom. The largest absolute Gasteiger partial charge is 0.490 e. The van der Waals surface area contributed by atoms with E-state index in [0.717, 1.165) is 17.1 Å². The lowest BCUT2D eigenvalue weighted by atomic mass is 10.1. The summed E-state index contributed by atoms with van der Waals surface area (Å²) in [4.78, 5) is 16.4. The second kappa shape index (κ2) is 11.6. The van der Waals surface area contributed by atoms with Gasteiger partial charge in [-0.3, -0.25) is 10.1 Å². The van der Waals surface area contributed by atoms with Crippen molar-refractivity contribution in [3.05, 3.63) is 65.2 Å². The van der Waals surface area contributed by atoms with Gasteiger partial charge < -0.3 is 9.47 Å². The van der Waals surface area contributed by atoms with Crippen molar-refractivity contribution in [2.45, 2.75) is 32.0 Å². The van der Waals surface area contributed by atoms with E-state index in [0.29, 0.717) is 23.7 Å². The molecule has 3 rings (SSSR count). The lowest BCUT2D eigenvalue weighted by Crippen LogP contribution is -2.13. The van der Waals surface area contributed by atoms with Crippen LogP contribution in [0.3, 0.4) is 0 Å². The van der Waals surface area contributed by atoms with Crippen molar-refractivity contribution in [1.29, 1.82) is 5.26 Å². The predicted octanol–water partition coefficient (Wildman–Crippen LogP) is 4.42. The molecule has 3 aromatic rings. The summed E-state index contributed by atoms with van der Waals surface area (Å²) < 4.78 is 39.3. The van der Waals surface area contributed by atoms with Gasteiger partial charge in [-0.05, 0) is 43.2 Å². The number of benzene rings is 2.